The molecule has 2 unspecified atom stereocenters. The maximum atomic E-state index is 12.4. The van der Waals surface area contributed by atoms with Crippen molar-refractivity contribution in [2.45, 2.75) is 11.8 Å². The van der Waals surface area contributed by atoms with Crippen LogP contribution in [0.15, 0.2) is 89.4 Å². The van der Waals surface area contributed by atoms with Gasteiger partial charge in [0.2, 0.25) is 0 Å². The average molecular weight is 472 g/mol. The summed E-state index contributed by atoms with van der Waals surface area (Å²) in [5.41, 5.74) is 10.3. The van der Waals surface area contributed by atoms with Gasteiger partial charge in [-0.3, -0.25) is 4.79 Å². The van der Waals surface area contributed by atoms with Gasteiger partial charge in [-0.1, -0.05) is 82.7 Å². The lowest BCUT2D eigenvalue weighted by Gasteiger charge is -2.25. The molecular formula is C27H16BrClO. The van der Waals surface area contributed by atoms with Crippen molar-refractivity contribution in [3.63, 3.8) is 0 Å². The molecule has 2 atom stereocenters. The maximum absolute atomic E-state index is 12.4. The Kier molecular flexibility index (Phi) is 4.02. The van der Waals surface area contributed by atoms with Gasteiger partial charge in [-0.25, -0.2) is 0 Å². The lowest BCUT2D eigenvalue weighted by molar-refractivity contribution is 0.108. The van der Waals surface area contributed by atoms with Gasteiger partial charge in [-0.2, -0.15) is 0 Å². The Balaban J connectivity index is 1.70. The van der Waals surface area contributed by atoms with E-state index in [4.69, 9.17) is 11.6 Å². The van der Waals surface area contributed by atoms with E-state index in [0.29, 0.717) is 5.56 Å². The topological polar surface area (TPSA) is 17.1 Å². The predicted octanol–water partition coefficient (Wildman–Crippen LogP) is 7.75. The third-order valence-corrected chi connectivity index (χ3v) is 7.18. The molecule has 4 aromatic rings. The summed E-state index contributed by atoms with van der Waals surface area (Å²) in [5, 5.41) is -0.398. The highest BCUT2D eigenvalue weighted by atomic mass is 79.9. The first kappa shape index (κ1) is 18.1. The van der Waals surface area contributed by atoms with E-state index in [1.165, 1.54) is 33.4 Å². The molecule has 30 heavy (non-hydrogen) atoms. The van der Waals surface area contributed by atoms with Crippen molar-refractivity contribution in [3.8, 4) is 22.3 Å². The monoisotopic (exact) mass is 470 g/mol. The molecular weight excluding hydrogens is 456 g/mol. The fourth-order valence-corrected chi connectivity index (χ4v) is 5.94. The second-order valence-corrected chi connectivity index (χ2v) is 9.16. The predicted molar refractivity (Wildman–Crippen MR) is 125 cm³/mol. The quantitative estimate of drug-likeness (QED) is 0.273. The zero-order chi connectivity index (χ0) is 20.4. The lowest BCUT2D eigenvalue weighted by Crippen LogP contribution is -2.12. The summed E-state index contributed by atoms with van der Waals surface area (Å²) in [6.45, 7) is 0. The third-order valence-electron chi connectivity index (χ3n) is 6.48. The summed E-state index contributed by atoms with van der Waals surface area (Å²) in [5.74, 6) is 0.153. The van der Waals surface area contributed by atoms with Gasteiger partial charge in [0, 0.05) is 21.9 Å². The Morgan fingerprint density at radius 2 is 1.27 bits per heavy atom. The normalized spacial score (nSPS) is 17.8. The van der Waals surface area contributed by atoms with Crippen LogP contribution in [0.1, 0.15) is 44.4 Å². The number of halogens is 2. The van der Waals surface area contributed by atoms with Gasteiger partial charge in [0.1, 0.15) is 0 Å². The molecule has 3 heteroatoms. The molecule has 0 amide bonds. The van der Waals surface area contributed by atoms with E-state index >= 15 is 0 Å². The number of fused-ring (bicyclic) bond motifs is 6. The molecule has 4 aromatic carbocycles. The molecule has 2 aliphatic carbocycles. The summed E-state index contributed by atoms with van der Waals surface area (Å²) in [4.78, 5) is 12.4. The number of carbonyl (C=O) groups excluding carboxylic acids is 1. The Labute approximate surface area is 188 Å². The van der Waals surface area contributed by atoms with Crippen molar-refractivity contribution < 1.29 is 4.79 Å². The molecule has 144 valence electrons. The largest absolute Gasteiger partial charge is 0.276 e. The average Bonchev–Trinajstić information content (AvgIpc) is 3.25. The van der Waals surface area contributed by atoms with Crippen LogP contribution in [0.2, 0.25) is 0 Å². The van der Waals surface area contributed by atoms with Crippen molar-refractivity contribution >= 4 is 32.8 Å². The van der Waals surface area contributed by atoms with Gasteiger partial charge in [-0.05, 0) is 74.3 Å². The molecule has 0 saturated carbocycles. The van der Waals surface area contributed by atoms with Crippen LogP contribution in [0, 0.1) is 0 Å². The van der Waals surface area contributed by atoms with Crippen LogP contribution in [-0.2, 0) is 0 Å². The first-order chi connectivity index (χ1) is 14.6. The molecule has 0 saturated heterocycles. The van der Waals surface area contributed by atoms with E-state index in [0.717, 1.165) is 15.6 Å². The molecule has 0 spiro atoms. The summed E-state index contributed by atoms with van der Waals surface area (Å²) < 4.78 is 1.06. The zero-order valence-electron chi connectivity index (χ0n) is 15.9. The van der Waals surface area contributed by atoms with Crippen LogP contribution in [0.5, 0.6) is 0 Å². The lowest BCUT2D eigenvalue weighted by atomic mass is 9.77. The molecule has 2 aliphatic rings. The van der Waals surface area contributed by atoms with Crippen molar-refractivity contribution in [2.75, 3.05) is 0 Å². The first-order valence-corrected chi connectivity index (χ1v) is 11.1. The van der Waals surface area contributed by atoms with Crippen molar-refractivity contribution in [1.29, 1.82) is 0 Å². The first-order valence-electron chi connectivity index (χ1n) is 9.96. The van der Waals surface area contributed by atoms with Gasteiger partial charge in [0.15, 0.2) is 0 Å². The van der Waals surface area contributed by atoms with Crippen LogP contribution in [0.3, 0.4) is 0 Å². The van der Waals surface area contributed by atoms with Crippen LogP contribution < -0.4 is 0 Å². The Morgan fingerprint density at radius 1 is 0.667 bits per heavy atom. The van der Waals surface area contributed by atoms with Crippen molar-refractivity contribution in [3.05, 3.63) is 117 Å². The van der Waals surface area contributed by atoms with E-state index in [9.17, 15) is 4.79 Å². The van der Waals surface area contributed by atoms with Crippen LogP contribution in [0.4, 0.5) is 0 Å². The smallest absolute Gasteiger partial charge is 0.252 e. The SMILES string of the molecule is O=C(Cl)c1cccc2c1C(C1c3ccccc3-c3ccc(Br)cc31)c1ccccc1-2. The van der Waals surface area contributed by atoms with Crippen LogP contribution in [0.25, 0.3) is 22.3 Å². The van der Waals surface area contributed by atoms with Crippen LogP contribution in [-0.4, -0.2) is 5.24 Å². The summed E-state index contributed by atoms with van der Waals surface area (Å²) in [6.07, 6.45) is 0. The highest BCUT2D eigenvalue weighted by Gasteiger charge is 2.42. The molecule has 0 radical (unpaired) electrons. The second kappa shape index (κ2) is 6.66. The van der Waals surface area contributed by atoms with Gasteiger partial charge in [0.25, 0.3) is 5.24 Å². The molecule has 0 fully saturated rings. The molecule has 1 nitrogen and oxygen atoms in total. The van der Waals surface area contributed by atoms with Crippen molar-refractivity contribution in [2.24, 2.45) is 0 Å². The Morgan fingerprint density at radius 3 is 2.00 bits per heavy atom. The van der Waals surface area contributed by atoms with Gasteiger partial charge < -0.3 is 0 Å². The molecule has 0 N–H and O–H groups in total. The van der Waals surface area contributed by atoms with Gasteiger partial charge in [0.05, 0.1) is 0 Å². The summed E-state index contributed by atoms with van der Waals surface area (Å²) in [7, 11) is 0. The highest BCUT2D eigenvalue weighted by Crippen LogP contribution is 2.59. The Hall–Kier alpha value is -2.68. The second-order valence-electron chi connectivity index (χ2n) is 7.90. The number of carbonyl (C=O) groups is 1. The van der Waals surface area contributed by atoms with E-state index in [2.05, 4.69) is 88.7 Å². The van der Waals surface area contributed by atoms with Crippen molar-refractivity contribution in [1.82, 2.24) is 0 Å². The zero-order valence-corrected chi connectivity index (χ0v) is 18.2. The number of hydrogen-bond acceptors (Lipinski definition) is 1. The molecule has 0 bridgehead atoms. The minimum Gasteiger partial charge on any atom is -0.276 e. The highest BCUT2D eigenvalue weighted by molar-refractivity contribution is 9.10. The molecule has 0 aromatic heterocycles. The maximum Gasteiger partial charge on any atom is 0.252 e. The standard InChI is InChI=1S/C27H16BrClO/c28-15-12-13-18-16-6-1-3-8-19(16)25(23(18)14-15)26-21-9-4-2-7-17(21)20-10-5-11-22(24(20)26)27(29)30/h1-14,25-26H. The van der Waals surface area contributed by atoms with Gasteiger partial charge in [-0.15, -0.1) is 0 Å². The van der Waals surface area contributed by atoms with Gasteiger partial charge >= 0.3 is 0 Å². The van der Waals surface area contributed by atoms with E-state index in [-0.39, 0.29) is 11.8 Å². The molecule has 6 rings (SSSR count). The fourth-order valence-electron chi connectivity index (χ4n) is 5.40. The third kappa shape index (κ3) is 2.44. The minimum absolute atomic E-state index is 0.0341. The van der Waals surface area contributed by atoms with E-state index in [1.54, 1.807) is 0 Å². The summed E-state index contributed by atoms with van der Waals surface area (Å²) >= 11 is 9.75. The number of hydrogen-bond donors (Lipinski definition) is 0. The summed E-state index contributed by atoms with van der Waals surface area (Å²) in [6, 6.07) is 29.5. The fraction of sp³-hybridized carbons (Fsp3) is 0.0741. The van der Waals surface area contributed by atoms with Crippen LogP contribution >= 0.6 is 27.5 Å². The molecule has 0 heterocycles. The Bertz CT molecular complexity index is 1360. The van der Waals surface area contributed by atoms with E-state index in [1.807, 2.05) is 12.1 Å². The van der Waals surface area contributed by atoms with E-state index < -0.39 is 5.24 Å². The minimum atomic E-state index is -0.398. The number of rotatable bonds is 2. The molecule has 0 aliphatic heterocycles. The number of benzene rings is 4.